The van der Waals surface area contributed by atoms with Crippen LogP contribution in [-0.4, -0.2) is 17.7 Å². The van der Waals surface area contributed by atoms with E-state index in [0.717, 1.165) is 18.1 Å². The molecule has 1 unspecified atom stereocenters. The van der Waals surface area contributed by atoms with Crippen molar-refractivity contribution in [2.24, 2.45) is 5.92 Å². The number of hydrogen-bond donors (Lipinski definition) is 1. The van der Waals surface area contributed by atoms with E-state index in [9.17, 15) is 4.79 Å². The van der Waals surface area contributed by atoms with Crippen molar-refractivity contribution in [1.29, 1.82) is 0 Å². The van der Waals surface area contributed by atoms with E-state index >= 15 is 0 Å². The summed E-state index contributed by atoms with van der Waals surface area (Å²) in [6.07, 6.45) is 3.62. The predicted octanol–water partition coefficient (Wildman–Crippen LogP) is 3.86. The minimum absolute atomic E-state index is 0.479. The van der Waals surface area contributed by atoms with E-state index in [0.29, 0.717) is 23.3 Å². The Labute approximate surface area is 112 Å². The van der Waals surface area contributed by atoms with Gasteiger partial charge in [-0.15, -0.1) is 0 Å². The van der Waals surface area contributed by atoms with Crippen molar-refractivity contribution in [3.63, 3.8) is 0 Å². The van der Waals surface area contributed by atoms with Crippen LogP contribution in [0.1, 0.15) is 25.8 Å². The lowest BCUT2D eigenvalue weighted by Gasteiger charge is -2.12. The van der Waals surface area contributed by atoms with E-state index in [2.05, 4.69) is 13.8 Å². The van der Waals surface area contributed by atoms with Gasteiger partial charge in [-0.1, -0.05) is 37.9 Å². The SMILES string of the molecule is CCC(C)COc1ccc(/C=C/C(=O)O)cc1Cl. The van der Waals surface area contributed by atoms with Crippen LogP contribution in [0.15, 0.2) is 24.3 Å². The highest BCUT2D eigenvalue weighted by Gasteiger charge is 2.05. The average Bonchev–Trinajstić information content (AvgIpc) is 2.34. The molecule has 0 bridgehead atoms. The molecule has 0 aliphatic heterocycles. The summed E-state index contributed by atoms with van der Waals surface area (Å²) in [4.78, 5) is 10.4. The molecule has 3 nitrogen and oxygen atoms in total. The van der Waals surface area contributed by atoms with Crippen LogP contribution in [0, 0.1) is 5.92 Å². The Balaban J connectivity index is 2.70. The van der Waals surface area contributed by atoms with Crippen molar-refractivity contribution in [2.45, 2.75) is 20.3 Å². The van der Waals surface area contributed by atoms with Gasteiger partial charge >= 0.3 is 5.97 Å². The highest BCUT2D eigenvalue weighted by molar-refractivity contribution is 6.32. The van der Waals surface area contributed by atoms with Gasteiger partial charge in [0.05, 0.1) is 11.6 Å². The lowest BCUT2D eigenvalue weighted by Crippen LogP contribution is -2.07. The van der Waals surface area contributed by atoms with Crippen LogP contribution in [0.25, 0.3) is 6.08 Å². The maximum atomic E-state index is 10.4. The molecule has 0 radical (unpaired) electrons. The van der Waals surface area contributed by atoms with E-state index in [4.69, 9.17) is 21.4 Å². The number of halogens is 1. The van der Waals surface area contributed by atoms with Crippen LogP contribution >= 0.6 is 11.6 Å². The largest absolute Gasteiger partial charge is 0.492 e. The van der Waals surface area contributed by atoms with Crippen molar-refractivity contribution in [3.05, 3.63) is 34.9 Å². The van der Waals surface area contributed by atoms with Gasteiger partial charge in [-0.3, -0.25) is 0 Å². The average molecular weight is 269 g/mol. The lowest BCUT2D eigenvalue weighted by molar-refractivity contribution is -0.131. The van der Waals surface area contributed by atoms with Gasteiger partial charge in [0.25, 0.3) is 0 Å². The summed E-state index contributed by atoms with van der Waals surface area (Å²) < 4.78 is 5.60. The summed E-state index contributed by atoms with van der Waals surface area (Å²) in [5.41, 5.74) is 0.735. The van der Waals surface area contributed by atoms with E-state index < -0.39 is 5.97 Å². The van der Waals surface area contributed by atoms with E-state index in [1.807, 2.05) is 0 Å². The molecule has 1 aromatic carbocycles. The van der Waals surface area contributed by atoms with Crippen molar-refractivity contribution in [1.82, 2.24) is 0 Å². The first kappa shape index (κ1) is 14.6. The Bertz CT molecular complexity index is 441. The molecule has 98 valence electrons. The minimum Gasteiger partial charge on any atom is -0.492 e. The molecule has 0 aliphatic carbocycles. The zero-order chi connectivity index (χ0) is 13.5. The summed E-state index contributed by atoms with van der Waals surface area (Å²) in [7, 11) is 0. The Morgan fingerprint density at radius 3 is 2.83 bits per heavy atom. The van der Waals surface area contributed by atoms with Crippen molar-refractivity contribution < 1.29 is 14.6 Å². The molecule has 18 heavy (non-hydrogen) atoms. The number of carbonyl (C=O) groups is 1. The van der Waals surface area contributed by atoms with Gasteiger partial charge in [-0.2, -0.15) is 0 Å². The topological polar surface area (TPSA) is 46.5 Å². The summed E-state index contributed by atoms with van der Waals surface area (Å²) >= 11 is 6.07. The van der Waals surface area contributed by atoms with Crippen LogP contribution in [0.3, 0.4) is 0 Å². The van der Waals surface area contributed by atoms with Gasteiger partial charge in [0.1, 0.15) is 5.75 Å². The molecule has 0 fully saturated rings. The van der Waals surface area contributed by atoms with Crippen molar-refractivity contribution in [2.75, 3.05) is 6.61 Å². The molecule has 1 atom stereocenters. The molecule has 0 aromatic heterocycles. The summed E-state index contributed by atoms with van der Waals surface area (Å²) in [6, 6.07) is 5.22. The van der Waals surface area contributed by atoms with E-state index in [1.165, 1.54) is 6.08 Å². The third-order valence-corrected chi connectivity index (χ3v) is 2.89. The van der Waals surface area contributed by atoms with Gasteiger partial charge < -0.3 is 9.84 Å². The standard InChI is InChI=1S/C14H17ClO3/c1-3-10(2)9-18-13-6-4-11(8-12(13)15)5-7-14(16)17/h4-8,10H,3,9H2,1-2H3,(H,16,17)/b7-5+. The summed E-state index contributed by atoms with van der Waals surface area (Å²) in [5, 5.41) is 9.02. The molecule has 1 rings (SSSR count). The third-order valence-electron chi connectivity index (χ3n) is 2.59. The van der Waals surface area contributed by atoms with Gasteiger partial charge in [0, 0.05) is 6.08 Å². The molecule has 0 aliphatic rings. The molecular weight excluding hydrogens is 252 g/mol. The quantitative estimate of drug-likeness (QED) is 0.797. The molecule has 0 amide bonds. The Morgan fingerprint density at radius 2 is 2.28 bits per heavy atom. The number of ether oxygens (including phenoxy) is 1. The monoisotopic (exact) mass is 268 g/mol. The molecular formula is C14H17ClO3. The summed E-state index contributed by atoms with van der Waals surface area (Å²) in [6.45, 7) is 4.84. The predicted molar refractivity (Wildman–Crippen MR) is 73.1 cm³/mol. The zero-order valence-electron chi connectivity index (χ0n) is 10.5. The molecule has 0 spiro atoms. The number of carboxylic acids is 1. The molecule has 0 saturated carbocycles. The normalized spacial score (nSPS) is 12.6. The smallest absolute Gasteiger partial charge is 0.328 e. The van der Waals surface area contributed by atoms with Crippen LogP contribution in [0.4, 0.5) is 0 Å². The molecule has 1 N–H and O–H groups in total. The van der Waals surface area contributed by atoms with Crippen LogP contribution in [-0.2, 0) is 4.79 Å². The number of carboxylic acid groups (broad SMARTS) is 1. The second-order valence-corrected chi connectivity index (χ2v) is 4.59. The van der Waals surface area contributed by atoms with Gasteiger partial charge in [-0.05, 0) is 29.7 Å². The lowest BCUT2D eigenvalue weighted by atomic mass is 10.1. The molecule has 0 saturated heterocycles. The van der Waals surface area contributed by atoms with Crippen LogP contribution in [0.2, 0.25) is 5.02 Å². The van der Waals surface area contributed by atoms with Crippen LogP contribution in [0.5, 0.6) is 5.75 Å². The van der Waals surface area contributed by atoms with Gasteiger partial charge in [-0.25, -0.2) is 4.79 Å². The number of hydrogen-bond acceptors (Lipinski definition) is 2. The fourth-order valence-corrected chi connectivity index (χ4v) is 1.50. The fraction of sp³-hybridized carbons (Fsp3) is 0.357. The Hall–Kier alpha value is -1.48. The first-order valence-corrected chi connectivity index (χ1v) is 6.24. The highest BCUT2D eigenvalue weighted by atomic mass is 35.5. The maximum Gasteiger partial charge on any atom is 0.328 e. The van der Waals surface area contributed by atoms with E-state index in [1.54, 1.807) is 18.2 Å². The molecule has 4 heteroatoms. The van der Waals surface area contributed by atoms with Gasteiger partial charge in [0.15, 0.2) is 0 Å². The first-order valence-electron chi connectivity index (χ1n) is 5.86. The zero-order valence-corrected chi connectivity index (χ0v) is 11.3. The third kappa shape index (κ3) is 4.80. The number of benzene rings is 1. The second kappa shape index (κ2) is 7.07. The minimum atomic E-state index is -0.983. The molecule has 1 aromatic rings. The maximum absolute atomic E-state index is 10.4. The Morgan fingerprint density at radius 1 is 1.56 bits per heavy atom. The number of rotatable bonds is 6. The Kier molecular flexibility index (Phi) is 5.72. The number of aliphatic carboxylic acids is 1. The van der Waals surface area contributed by atoms with Gasteiger partial charge in [0.2, 0.25) is 0 Å². The first-order chi connectivity index (χ1) is 8.52. The van der Waals surface area contributed by atoms with E-state index in [-0.39, 0.29) is 0 Å². The fourth-order valence-electron chi connectivity index (χ4n) is 1.26. The summed E-state index contributed by atoms with van der Waals surface area (Å²) in [5.74, 6) is 0.125. The highest BCUT2D eigenvalue weighted by Crippen LogP contribution is 2.26. The second-order valence-electron chi connectivity index (χ2n) is 4.19. The van der Waals surface area contributed by atoms with Crippen LogP contribution < -0.4 is 4.74 Å². The van der Waals surface area contributed by atoms with Crippen molar-refractivity contribution in [3.8, 4) is 5.75 Å². The van der Waals surface area contributed by atoms with Crippen molar-refractivity contribution >= 4 is 23.6 Å². The molecule has 0 heterocycles.